The number of alkyl carbamates (subject to hydrolysis) is 1. The van der Waals surface area contributed by atoms with Crippen molar-refractivity contribution in [3.63, 3.8) is 0 Å². The molecule has 1 aromatic carbocycles. The SMILES string of the molecule is CC(C)(CC12CC3CC(CC(C3)C1)C2)OC(=O)N[C@@H](Cc1c[nH]c2ccccc12)C(=O)O. The van der Waals surface area contributed by atoms with Crippen LogP contribution in [0.1, 0.15) is 64.4 Å². The van der Waals surface area contributed by atoms with Crippen LogP contribution in [0.25, 0.3) is 10.9 Å². The fourth-order valence-electron chi connectivity index (χ4n) is 7.59. The molecule has 3 N–H and O–H groups in total. The summed E-state index contributed by atoms with van der Waals surface area (Å²) in [5, 5.41) is 13.3. The Labute approximate surface area is 189 Å². The van der Waals surface area contributed by atoms with Gasteiger partial charge in [-0.1, -0.05) is 18.2 Å². The zero-order valence-electron chi connectivity index (χ0n) is 19.0. The van der Waals surface area contributed by atoms with E-state index in [1.165, 1.54) is 38.5 Å². The summed E-state index contributed by atoms with van der Waals surface area (Å²) in [6.07, 6.45) is 10.1. The van der Waals surface area contributed by atoms with Crippen molar-refractivity contribution in [3.05, 3.63) is 36.0 Å². The van der Waals surface area contributed by atoms with Gasteiger partial charge in [0.1, 0.15) is 11.6 Å². The van der Waals surface area contributed by atoms with Gasteiger partial charge in [0.15, 0.2) is 0 Å². The lowest BCUT2D eigenvalue weighted by atomic mass is 9.48. The highest BCUT2D eigenvalue weighted by Crippen LogP contribution is 2.62. The van der Waals surface area contributed by atoms with Crippen LogP contribution in [-0.2, 0) is 16.0 Å². The van der Waals surface area contributed by atoms with E-state index in [0.29, 0.717) is 0 Å². The highest BCUT2D eigenvalue weighted by Gasteiger charge is 2.52. The van der Waals surface area contributed by atoms with Crippen molar-refractivity contribution in [3.8, 4) is 0 Å². The number of amides is 1. The zero-order valence-corrected chi connectivity index (χ0v) is 19.0. The number of aromatic amines is 1. The van der Waals surface area contributed by atoms with E-state index in [1.807, 2.05) is 44.3 Å². The van der Waals surface area contributed by atoms with Crippen molar-refractivity contribution in [1.29, 1.82) is 0 Å². The number of hydrogen-bond donors (Lipinski definition) is 3. The van der Waals surface area contributed by atoms with E-state index in [2.05, 4.69) is 10.3 Å². The van der Waals surface area contributed by atoms with Gasteiger partial charge in [-0.3, -0.25) is 0 Å². The molecule has 1 amide bonds. The number of nitrogens with one attached hydrogen (secondary N) is 2. The maximum Gasteiger partial charge on any atom is 0.408 e. The molecule has 4 fully saturated rings. The minimum atomic E-state index is -1.06. The molecule has 32 heavy (non-hydrogen) atoms. The lowest BCUT2D eigenvalue weighted by Crippen LogP contribution is -2.50. The van der Waals surface area contributed by atoms with Gasteiger partial charge in [-0.15, -0.1) is 0 Å². The van der Waals surface area contributed by atoms with Crippen LogP contribution < -0.4 is 5.32 Å². The third-order valence-electron chi connectivity index (χ3n) is 8.02. The number of ether oxygens (including phenoxy) is 1. The lowest BCUT2D eigenvalue weighted by molar-refractivity contribution is -0.139. The van der Waals surface area contributed by atoms with Crippen LogP contribution in [0.3, 0.4) is 0 Å². The Bertz CT molecular complexity index is 988. The van der Waals surface area contributed by atoms with E-state index in [0.717, 1.165) is 40.6 Å². The van der Waals surface area contributed by atoms with Crippen molar-refractivity contribution in [1.82, 2.24) is 10.3 Å². The Morgan fingerprint density at radius 2 is 1.78 bits per heavy atom. The number of aliphatic carboxylic acids is 1. The molecule has 0 aliphatic heterocycles. The number of carboxylic acid groups (broad SMARTS) is 1. The molecule has 6 heteroatoms. The molecule has 6 nitrogen and oxygen atoms in total. The number of carbonyl (C=O) groups is 2. The second-order valence-electron chi connectivity index (χ2n) is 11.3. The molecule has 0 unspecified atom stereocenters. The molecule has 0 saturated heterocycles. The average molecular weight is 439 g/mol. The first-order valence-corrected chi connectivity index (χ1v) is 12.0. The zero-order chi connectivity index (χ0) is 22.5. The predicted molar refractivity (Wildman–Crippen MR) is 122 cm³/mol. The van der Waals surface area contributed by atoms with Crippen LogP contribution in [-0.4, -0.2) is 33.8 Å². The van der Waals surface area contributed by atoms with Gasteiger partial charge in [-0.05, 0) is 93.6 Å². The van der Waals surface area contributed by atoms with Gasteiger partial charge in [0.25, 0.3) is 0 Å². The summed E-state index contributed by atoms with van der Waals surface area (Å²) in [5.41, 5.74) is 1.47. The molecule has 4 aliphatic carbocycles. The lowest BCUT2D eigenvalue weighted by Gasteiger charge is -2.58. The highest BCUT2D eigenvalue weighted by molar-refractivity contribution is 5.85. The molecule has 4 saturated carbocycles. The molecule has 1 heterocycles. The fraction of sp³-hybridized carbons (Fsp3) is 0.615. The highest BCUT2D eigenvalue weighted by atomic mass is 16.6. The number of carboxylic acids is 1. The van der Waals surface area contributed by atoms with Crippen LogP contribution in [0.5, 0.6) is 0 Å². The van der Waals surface area contributed by atoms with Gasteiger partial charge in [-0.25, -0.2) is 9.59 Å². The summed E-state index contributed by atoms with van der Waals surface area (Å²) in [6.45, 7) is 3.95. The number of H-pyrrole nitrogens is 1. The van der Waals surface area contributed by atoms with Crippen LogP contribution in [0.2, 0.25) is 0 Å². The van der Waals surface area contributed by atoms with Crippen molar-refractivity contribution in [2.45, 2.75) is 76.9 Å². The van der Waals surface area contributed by atoms with E-state index < -0.39 is 23.7 Å². The van der Waals surface area contributed by atoms with Gasteiger partial charge in [0, 0.05) is 23.5 Å². The van der Waals surface area contributed by atoms with Crippen LogP contribution in [0.4, 0.5) is 4.79 Å². The Morgan fingerprint density at radius 3 is 2.41 bits per heavy atom. The first-order valence-electron chi connectivity index (χ1n) is 12.0. The second-order valence-corrected chi connectivity index (χ2v) is 11.3. The second kappa shape index (κ2) is 7.82. The minimum Gasteiger partial charge on any atom is -0.480 e. The number of rotatable bonds is 7. The first-order chi connectivity index (χ1) is 15.2. The first kappa shape index (κ1) is 21.4. The molecule has 172 valence electrons. The molecule has 0 radical (unpaired) electrons. The van der Waals surface area contributed by atoms with Crippen molar-refractivity contribution >= 4 is 23.0 Å². The number of hydrogen-bond acceptors (Lipinski definition) is 3. The predicted octanol–water partition coefficient (Wildman–Crippen LogP) is 5.27. The molecule has 2 aromatic rings. The average Bonchev–Trinajstić information content (AvgIpc) is 3.08. The van der Waals surface area contributed by atoms with Gasteiger partial charge < -0.3 is 20.1 Å². The molecule has 1 atom stereocenters. The number of carbonyl (C=O) groups excluding carboxylic acids is 1. The van der Waals surface area contributed by atoms with E-state index in [4.69, 9.17) is 4.74 Å². The molecular weight excluding hydrogens is 404 g/mol. The van der Waals surface area contributed by atoms with E-state index in [9.17, 15) is 14.7 Å². The summed E-state index contributed by atoms with van der Waals surface area (Å²) in [6, 6.07) is 6.70. The molecule has 4 aliphatic rings. The summed E-state index contributed by atoms with van der Waals surface area (Å²) >= 11 is 0. The number of aromatic nitrogens is 1. The summed E-state index contributed by atoms with van der Waals surface area (Å²) in [7, 11) is 0. The standard InChI is InChI=1S/C26H34N2O4/c1-25(2,15-26-11-16-7-17(12-26)9-18(8-16)13-26)32-24(31)28-22(23(29)30)10-19-14-27-21-6-4-3-5-20(19)21/h3-6,14,16-18,22,27H,7-13,15H2,1-2H3,(H,28,31)(H,29,30)/t16?,17?,18?,22-,26?/m0/s1. The number of fused-ring (bicyclic) bond motifs is 1. The van der Waals surface area contributed by atoms with Gasteiger partial charge in [-0.2, -0.15) is 0 Å². The Balaban J connectivity index is 1.23. The van der Waals surface area contributed by atoms with Gasteiger partial charge in [0.2, 0.25) is 0 Å². The topological polar surface area (TPSA) is 91.4 Å². The summed E-state index contributed by atoms with van der Waals surface area (Å²) in [4.78, 5) is 27.8. The Morgan fingerprint density at radius 1 is 1.16 bits per heavy atom. The van der Waals surface area contributed by atoms with Crippen LogP contribution >= 0.6 is 0 Å². The molecule has 0 spiro atoms. The summed E-state index contributed by atoms with van der Waals surface area (Å²) in [5.74, 6) is 1.47. The quantitative estimate of drug-likeness (QED) is 0.549. The maximum atomic E-state index is 12.7. The number of para-hydroxylation sites is 1. The molecule has 4 bridgehead atoms. The van der Waals surface area contributed by atoms with E-state index >= 15 is 0 Å². The van der Waals surface area contributed by atoms with Crippen LogP contribution in [0, 0.1) is 23.2 Å². The summed E-state index contributed by atoms with van der Waals surface area (Å²) < 4.78 is 5.84. The van der Waals surface area contributed by atoms with Gasteiger partial charge in [0.05, 0.1) is 0 Å². The van der Waals surface area contributed by atoms with Gasteiger partial charge >= 0.3 is 12.1 Å². The largest absolute Gasteiger partial charge is 0.480 e. The Hall–Kier alpha value is -2.50. The Kier molecular flexibility index (Phi) is 5.22. The third kappa shape index (κ3) is 4.24. The third-order valence-corrected chi connectivity index (χ3v) is 8.02. The van der Waals surface area contributed by atoms with E-state index in [-0.39, 0.29) is 11.8 Å². The minimum absolute atomic E-state index is 0.198. The van der Waals surface area contributed by atoms with E-state index in [1.54, 1.807) is 0 Å². The maximum absolute atomic E-state index is 12.7. The van der Waals surface area contributed by atoms with Crippen molar-refractivity contribution in [2.75, 3.05) is 0 Å². The molecular formula is C26H34N2O4. The van der Waals surface area contributed by atoms with Crippen LogP contribution in [0.15, 0.2) is 30.5 Å². The fourth-order valence-corrected chi connectivity index (χ4v) is 7.59. The number of benzene rings is 1. The monoisotopic (exact) mass is 438 g/mol. The smallest absolute Gasteiger partial charge is 0.408 e. The van der Waals surface area contributed by atoms with Crippen molar-refractivity contribution in [2.24, 2.45) is 23.2 Å². The molecule has 6 rings (SSSR count). The van der Waals surface area contributed by atoms with Crippen molar-refractivity contribution < 1.29 is 19.4 Å². The normalized spacial score (nSPS) is 29.8. The molecule has 1 aromatic heterocycles.